The number of carbonyl (C=O) groups excluding carboxylic acids is 1. The van der Waals surface area contributed by atoms with Crippen molar-refractivity contribution in [2.24, 2.45) is 0 Å². The quantitative estimate of drug-likeness (QED) is 0.781. The van der Waals surface area contributed by atoms with Crippen LogP contribution in [0.3, 0.4) is 0 Å². The van der Waals surface area contributed by atoms with Gasteiger partial charge in [0.2, 0.25) is 0 Å². The Hall–Kier alpha value is -2.60. The highest BCUT2D eigenvalue weighted by molar-refractivity contribution is 7.09. The third kappa shape index (κ3) is 2.17. The van der Waals surface area contributed by atoms with Crippen molar-refractivity contribution in [2.45, 2.75) is 13.2 Å². The Morgan fingerprint density at radius 2 is 2.23 bits per heavy atom. The van der Waals surface area contributed by atoms with Gasteiger partial charge in [0.05, 0.1) is 6.54 Å². The monoisotopic (exact) mass is 311 g/mol. The minimum Gasteiger partial charge on any atom is -0.488 e. The fourth-order valence-electron chi connectivity index (χ4n) is 2.52. The summed E-state index contributed by atoms with van der Waals surface area (Å²) in [6.45, 7) is 0.867. The van der Waals surface area contributed by atoms with Gasteiger partial charge in [0.1, 0.15) is 23.7 Å². The third-order valence-corrected chi connectivity index (χ3v) is 4.49. The van der Waals surface area contributed by atoms with Crippen molar-refractivity contribution < 1.29 is 9.53 Å². The number of amides is 1. The molecule has 0 fully saturated rings. The first-order chi connectivity index (χ1) is 10.8. The Kier molecular flexibility index (Phi) is 3.16. The average molecular weight is 311 g/mol. The van der Waals surface area contributed by atoms with Crippen molar-refractivity contribution in [3.05, 3.63) is 57.9 Å². The van der Waals surface area contributed by atoms with Crippen LogP contribution in [-0.2, 0) is 13.2 Å². The molecule has 3 heterocycles. The minimum absolute atomic E-state index is 0.162. The molecule has 0 unspecified atom stereocenters. The molecule has 0 aliphatic carbocycles. The molecular weight excluding hydrogens is 298 g/mol. The summed E-state index contributed by atoms with van der Waals surface area (Å²) in [5.74, 6) is 0.636. The zero-order valence-electron chi connectivity index (χ0n) is 11.6. The first kappa shape index (κ1) is 13.1. The molecule has 0 atom stereocenters. The van der Waals surface area contributed by atoms with E-state index in [1.807, 2.05) is 41.8 Å². The largest absolute Gasteiger partial charge is 0.488 e. The fourth-order valence-corrected chi connectivity index (χ4v) is 3.17. The lowest BCUT2D eigenvalue weighted by Gasteiger charge is -2.17. The Morgan fingerprint density at radius 1 is 1.32 bits per heavy atom. The van der Waals surface area contributed by atoms with Crippen LogP contribution < -0.4 is 10.1 Å². The molecule has 0 bridgehead atoms. The number of benzene rings is 1. The van der Waals surface area contributed by atoms with Crippen molar-refractivity contribution in [1.82, 2.24) is 15.5 Å². The molecule has 1 aromatic carbocycles. The molecule has 0 radical (unpaired) electrons. The standard InChI is InChI=1S/C16H13N3O2S/c20-16(17-8-10-4-3-7-22-10)15-12-9-21-13-6-2-1-5-11(13)14(12)18-19-15/h1-7H,8-9H2,(H,17,20)(H,18,19). The molecule has 1 aliphatic rings. The van der Waals surface area contributed by atoms with Gasteiger partial charge in [-0.15, -0.1) is 11.3 Å². The van der Waals surface area contributed by atoms with E-state index in [0.29, 0.717) is 18.8 Å². The van der Waals surface area contributed by atoms with Crippen LogP contribution in [0.5, 0.6) is 5.75 Å². The van der Waals surface area contributed by atoms with Gasteiger partial charge >= 0.3 is 0 Å². The smallest absolute Gasteiger partial charge is 0.270 e. The minimum atomic E-state index is -0.162. The number of aromatic amines is 1. The number of hydrogen-bond acceptors (Lipinski definition) is 4. The molecule has 22 heavy (non-hydrogen) atoms. The van der Waals surface area contributed by atoms with E-state index in [4.69, 9.17) is 4.74 Å². The lowest BCUT2D eigenvalue weighted by molar-refractivity contribution is 0.0943. The molecule has 110 valence electrons. The number of nitrogens with one attached hydrogen (secondary N) is 2. The second kappa shape index (κ2) is 5.31. The van der Waals surface area contributed by atoms with E-state index in [0.717, 1.165) is 27.4 Å². The topological polar surface area (TPSA) is 67.0 Å². The van der Waals surface area contributed by atoms with Crippen molar-refractivity contribution in [3.63, 3.8) is 0 Å². The second-order valence-electron chi connectivity index (χ2n) is 4.97. The molecule has 6 heteroatoms. The Labute approximate surface area is 130 Å². The highest BCUT2D eigenvalue weighted by atomic mass is 32.1. The van der Waals surface area contributed by atoms with Gasteiger partial charge in [-0.1, -0.05) is 18.2 Å². The number of rotatable bonds is 3. The average Bonchev–Trinajstić information content (AvgIpc) is 3.22. The summed E-state index contributed by atoms with van der Waals surface area (Å²) in [6, 6.07) is 11.7. The Balaban J connectivity index is 1.60. The van der Waals surface area contributed by atoms with Crippen molar-refractivity contribution in [2.75, 3.05) is 0 Å². The molecule has 0 saturated heterocycles. The zero-order chi connectivity index (χ0) is 14.9. The predicted molar refractivity (Wildman–Crippen MR) is 83.8 cm³/mol. The Morgan fingerprint density at radius 3 is 3.09 bits per heavy atom. The van der Waals surface area contributed by atoms with Crippen LogP contribution in [0.15, 0.2) is 41.8 Å². The number of H-pyrrole nitrogens is 1. The lowest BCUT2D eigenvalue weighted by atomic mass is 10.0. The third-order valence-electron chi connectivity index (χ3n) is 3.61. The van der Waals surface area contributed by atoms with Gasteiger partial charge in [0, 0.05) is 16.0 Å². The van der Waals surface area contributed by atoms with Crippen molar-refractivity contribution >= 4 is 17.2 Å². The normalized spacial score (nSPS) is 12.2. The molecule has 1 aliphatic heterocycles. The van der Waals surface area contributed by atoms with E-state index in [2.05, 4.69) is 15.5 Å². The molecule has 2 N–H and O–H groups in total. The van der Waals surface area contributed by atoms with E-state index >= 15 is 0 Å². The molecule has 0 saturated carbocycles. The number of hydrogen-bond donors (Lipinski definition) is 2. The Bertz CT molecular complexity index is 824. The number of fused-ring (bicyclic) bond motifs is 3. The highest BCUT2D eigenvalue weighted by Crippen LogP contribution is 2.36. The number of thiophene rings is 1. The molecule has 3 aromatic rings. The molecule has 4 rings (SSSR count). The van der Waals surface area contributed by atoms with Crippen molar-refractivity contribution in [3.8, 4) is 17.0 Å². The van der Waals surface area contributed by atoms with Gasteiger partial charge in [-0.25, -0.2) is 0 Å². The summed E-state index contributed by atoms with van der Waals surface area (Å²) in [4.78, 5) is 13.5. The van der Waals surface area contributed by atoms with Crippen molar-refractivity contribution in [1.29, 1.82) is 0 Å². The fraction of sp³-hybridized carbons (Fsp3) is 0.125. The highest BCUT2D eigenvalue weighted by Gasteiger charge is 2.25. The van der Waals surface area contributed by atoms with E-state index in [1.54, 1.807) is 11.3 Å². The van der Waals surface area contributed by atoms with E-state index < -0.39 is 0 Å². The van der Waals surface area contributed by atoms with E-state index in [9.17, 15) is 4.79 Å². The summed E-state index contributed by atoms with van der Waals surface area (Å²) >= 11 is 1.62. The maximum absolute atomic E-state index is 12.4. The summed E-state index contributed by atoms with van der Waals surface area (Å²) < 4.78 is 5.71. The molecule has 0 spiro atoms. The van der Waals surface area contributed by atoms with Crippen LogP contribution >= 0.6 is 11.3 Å². The van der Waals surface area contributed by atoms with Crippen LogP contribution in [0.1, 0.15) is 20.9 Å². The maximum atomic E-state index is 12.4. The second-order valence-corrected chi connectivity index (χ2v) is 6.00. The number of nitrogens with zero attached hydrogens (tertiary/aromatic N) is 1. The van der Waals surface area contributed by atoms with Crippen LogP contribution in [0.2, 0.25) is 0 Å². The molecule has 2 aromatic heterocycles. The summed E-state index contributed by atoms with van der Waals surface area (Å²) in [5, 5.41) is 12.0. The van der Waals surface area contributed by atoms with Gasteiger partial charge in [-0.05, 0) is 23.6 Å². The van der Waals surface area contributed by atoms with Crippen LogP contribution in [0.4, 0.5) is 0 Å². The summed E-state index contributed by atoms with van der Waals surface area (Å²) in [6.07, 6.45) is 0. The zero-order valence-corrected chi connectivity index (χ0v) is 12.4. The van der Waals surface area contributed by atoms with Gasteiger partial charge in [-0.2, -0.15) is 5.10 Å². The van der Waals surface area contributed by atoms with Crippen LogP contribution in [0.25, 0.3) is 11.3 Å². The molecular formula is C16H13N3O2S. The van der Waals surface area contributed by atoms with Crippen LogP contribution in [0, 0.1) is 0 Å². The number of ether oxygens (including phenoxy) is 1. The number of aromatic nitrogens is 2. The SMILES string of the molecule is O=C(NCc1cccs1)c1[nH]nc2c1COc1ccccc1-2. The van der Waals surface area contributed by atoms with Gasteiger partial charge in [0.25, 0.3) is 5.91 Å². The first-order valence-electron chi connectivity index (χ1n) is 6.93. The summed E-state index contributed by atoms with van der Waals surface area (Å²) in [7, 11) is 0. The van der Waals surface area contributed by atoms with E-state index in [1.165, 1.54) is 0 Å². The van der Waals surface area contributed by atoms with Gasteiger partial charge in [0.15, 0.2) is 0 Å². The number of para-hydroxylation sites is 1. The molecule has 1 amide bonds. The summed E-state index contributed by atoms with van der Waals surface area (Å²) in [5.41, 5.74) is 2.99. The van der Waals surface area contributed by atoms with E-state index in [-0.39, 0.29) is 5.91 Å². The predicted octanol–water partition coefficient (Wildman–Crippen LogP) is 2.96. The number of carbonyl (C=O) groups is 1. The first-order valence-corrected chi connectivity index (χ1v) is 7.81. The van der Waals surface area contributed by atoms with Gasteiger partial charge < -0.3 is 10.1 Å². The lowest BCUT2D eigenvalue weighted by Crippen LogP contribution is -2.24. The maximum Gasteiger partial charge on any atom is 0.270 e. The van der Waals surface area contributed by atoms with Gasteiger partial charge in [-0.3, -0.25) is 9.89 Å². The van der Waals surface area contributed by atoms with Crippen LogP contribution in [-0.4, -0.2) is 16.1 Å². The molecule has 5 nitrogen and oxygen atoms in total.